The summed E-state index contributed by atoms with van der Waals surface area (Å²) in [5, 5.41) is 3.56. The summed E-state index contributed by atoms with van der Waals surface area (Å²) in [4.78, 5) is 24.9. The Morgan fingerprint density at radius 2 is 2.04 bits per heavy atom. The summed E-state index contributed by atoms with van der Waals surface area (Å²) in [6.07, 6.45) is 3.02. The van der Waals surface area contributed by atoms with Crippen molar-refractivity contribution in [1.82, 2.24) is 0 Å². The zero-order valence-corrected chi connectivity index (χ0v) is 14.8. The van der Waals surface area contributed by atoms with Crippen LogP contribution in [0.1, 0.15) is 22.8 Å². The first kappa shape index (κ1) is 17.4. The number of hydrogen-bond acceptors (Lipinski definition) is 3. The molecule has 0 aliphatic carbocycles. The van der Waals surface area contributed by atoms with Gasteiger partial charge in [-0.2, -0.15) is 0 Å². The first-order valence-electron chi connectivity index (χ1n) is 7.07. The van der Waals surface area contributed by atoms with Gasteiger partial charge >= 0.3 is 0 Å². The van der Waals surface area contributed by atoms with Gasteiger partial charge in [-0.3, -0.25) is 9.59 Å². The van der Waals surface area contributed by atoms with Crippen LogP contribution in [0.5, 0.6) is 0 Å². The zero-order chi connectivity index (χ0) is 16.8. The Bertz CT molecular complexity index is 818. The number of rotatable bonds is 5. The monoisotopic (exact) mass is 391 g/mol. The molecule has 0 amide bonds. The van der Waals surface area contributed by atoms with E-state index in [1.807, 2.05) is 13.0 Å². The third-order valence-corrected chi connectivity index (χ3v) is 3.82. The Labute approximate surface area is 148 Å². The van der Waals surface area contributed by atoms with Crippen LogP contribution in [0.15, 0.2) is 57.8 Å². The van der Waals surface area contributed by atoms with Gasteiger partial charge in [0.2, 0.25) is 5.43 Å². The van der Waals surface area contributed by atoms with Gasteiger partial charge in [-0.25, -0.2) is 0 Å². The zero-order valence-electron chi connectivity index (χ0n) is 12.5. The van der Waals surface area contributed by atoms with Crippen molar-refractivity contribution in [2.45, 2.75) is 6.92 Å². The molecular formula is C18H15BrClNO2. The van der Waals surface area contributed by atoms with Crippen molar-refractivity contribution < 1.29 is 4.79 Å². The van der Waals surface area contributed by atoms with Gasteiger partial charge in [-0.15, -0.1) is 0 Å². The molecule has 0 bridgehead atoms. The average Bonchev–Trinajstić information content (AvgIpc) is 2.66. The van der Waals surface area contributed by atoms with Crippen molar-refractivity contribution in [3.8, 4) is 0 Å². The highest BCUT2D eigenvalue weighted by Crippen LogP contribution is 2.14. The van der Waals surface area contributed by atoms with Gasteiger partial charge in [-0.05, 0) is 48.9 Å². The molecule has 0 aliphatic heterocycles. The van der Waals surface area contributed by atoms with Crippen LogP contribution in [0.25, 0.3) is 6.08 Å². The van der Waals surface area contributed by atoms with Crippen LogP contribution in [-0.4, -0.2) is 12.3 Å². The predicted octanol–water partition coefficient (Wildman–Crippen LogP) is 4.79. The first-order chi connectivity index (χ1) is 11.0. The summed E-state index contributed by atoms with van der Waals surface area (Å²) in [5.74, 6) is -0.356. The van der Waals surface area contributed by atoms with Crippen LogP contribution in [0.3, 0.4) is 0 Å². The second kappa shape index (κ2) is 8.09. The normalized spacial score (nSPS) is 10.7. The average molecular weight is 393 g/mol. The van der Waals surface area contributed by atoms with E-state index in [0.717, 1.165) is 5.56 Å². The van der Waals surface area contributed by atoms with E-state index in [1.54, 1.807) is 36.4 Å². The van der Waals surface area contributed by atoms with E-state index in [4.69, 9.17) is 11.6 Å². The Kier molecular flexibility index (Phi) is 6.13. The Morgan fingerprint density at radius 3 is 2.74 bits per heavy atom. The standard InChI is InChI=1S/C18H15BrClNO2/c1-2-21-16-8-7-13(19)11-15(18(16)23)17(22)9-6-12-4-3-5-14(20)10-12/h3-11H,2H2,1H3,(H,21,23)/b9-6+. The molecule has 1 N–H and O–H groups in total. The quantitative estimate of drug-likeness (QED) is 0.588. The lowest BCUT2D eigenvalue weighted by Gasteiger charge is -1.99. The maximum atomic E-state index is 12.5. The number of nitrogens with one attached hydrogen (secondary N) is 1. The molecule has 0 unspecified atom stereocenters. The van der Waals surface area contributed by atoms with Crippen LogP contribution in [0, 0.1) is 0 Å². The van der Waals surface area contributed by atoms with Gasteiger partial charge in [0.25, 0.3) is 0 Å². The highest BCUT2D eigenvalue weighted by molar-refractivity contribution is 9.10. The van der Waals surface area contributed by atoms with Gasteiger partial charge < -0.3 is 5.32 Å². The van der Waals surface area contributed by atoms with Gasteiger partial charge in [0.1, 0.15) is 0 Å². The van der Waals surface area contributed by atoms with E-state index < -0.39 is 0 Å². The lowest BCUT2D eigenvalue weighted by molar-refractivity contribution is 0.104. The molecule has 0 radical (unpaired) electrons. The molecule has 0 aromatic heterocycles. The SMILES string of the molecule is CCNc1ccc(Br)cc(C(=O)/C=C/c2cccc(Cl)c2)c1=O. The van der Waals surface area contributed by atoms with Crippen LogP contribution in [-0.2, 0) is 0 Å². The minimum absolute atomic E-state index is 0.108. The lowest BCUT2D eigenvalue weighted by atomic mass is 10.1. The largest absolute Gasteiger partial charge is 0.382 e. The van der Waals surface area contributed by atoms with Crippen LogP contribution < -0.4 is 10.7 Å². The molecule has 23 heavy (non-hydrogen) atoms. The van der Waals surface area contributed by atoms with Gasteiger partial charge in [-0.1, -0.05) is 45.7 Å². The number of carbonyl (C=O) groups excluding carboxylic acids is 1. The molecule has 3 nitrogen and oxygen atoms in total. The fourth-order valence-corrected chi connectivity index (χ4v) is 2.58. The maximum absolute atomic E-state index is 12.5. The summed E-state index contributed by atoms with van der Waals surface area (Å²) in [5.41, 5.74) is 0.983. The summed E-state index contributed by atoms with van der Waals surface area (Å²) in [7, 11) is 0. The number of carbonyl (C=O) groups is 1. The summed E-state index contributed by atoms with van der Waals surface area (Å²) in [6.45, 7) is 2.49. The molecule has 0 aliphatic rings. The molecule has 0 fully saturated rings. The molecule has 0 saturated heterocycles. The van der Waals surface area contributed by atoms with Crippen molar-refractivity contribution >= 4 is 45.1 Å². The fraction of sp³-hybridized carbons (Fsp3) is 0.111. The molecule has 5 heteroatoms. The Morgan fingerprint density at radius 1 is 1.26 bits per heavy atom. The third kappa shape index (κ3) is 4.78. The maximum Gasteiger partial charge on any atom is 0.212 e. The minimum atomic E-state index is -0.356. The number of hydrogen-bond donors (Lipinski definition) is 1. The van der Waals surface area contributed by atoms with Crippen molar-refractivity contribution in [3.05, 3.63) is 79.4 Å². The summed E-state index contributed by atoms with van der Waals surface area (Å²) >= 11 is 9.24. The minimum Gasteiger partial charge on any atom is -0.382 e. The van der Waals surface area contributed by atoms with Gasteiger partial charge in [0.05, 0.1) is 11.3 Å². The number of ketones is 1. The first-order valence-corrected chi connectivity index (χ1v) is 8.24. The molecule has 2 rings (SSSR count). The third-order valence-electron chi connectivity index (χ3n) is 3.09. The van der Waals surface area contributed by atoms with E-state index in [2.05, 4.69) is 21.2 Å². The molecular weight excluding hydrogens is 378 g/mol. The second-order valence-corrected chi connectivity index (χ2v) is 6.15. The smallest absolute Gasteiger partial charge is 0.212 e. The van der Waals surface area contributed by atoms with Crippen LogP contribution in [0.4, 0.5) is 5.69 Å². The number of anilines is 1. The van der Waals surface area contributed by atoms with Crippen molar-refractivity contribution in [1.29, 1.82) is 0 Å². The molecule has 2 aromatic rings. The molecule has 0 saturated carbocycles. The molecule has 0 spiro atoms. The van der Waals surface area contributed by atoms with E-state index in [0.29, 0.717) is 21.7 Å². The van der Waals surface area contributed by atoms with E-state index in [9.17, 15) is 9.59 Å². The van der Waals surface area contributed by atoms with Crippen molar-refractivity contribution in [2.75, 3.05) is 11.9 Å². The lowest BCUT2D eigenvalue weighted by Crippen LogP contribution is -2.15. The van der Waals surface area contributed by atoms with Gasteiger partial charge in [0, 0.05) is 16.0 Å². The summed E-state index contributed by atoms with van der Waals surface area (Å²) in [6, 6.07) is 12.1. The number of allylic oxidation sites excluding steroid dienone is 1. The predicted molar refractivity (Wildman–Crippen MR) is 99.4 cm³/mol. The highest BCUT2D eigenvalue weighted by atomic mass is 79.9. The van der Waals surface area contributed by atoms with Crippen LogP contribution >= 0.6 is 27.5 Å². The van der Waals surface area contributed by atoms with E-state index in [1.165, 1.54) is 12.1 Å². The van der Waals surface area contributed by atoms with E-state index >= 15 is 0 Å². The fourth-order valence-electron chi connectivity index (χ4n) is 2.02. The highest BCUT2D eigenvalue weighted by Gasteiger charge is 2.10. The second-order valence-electron chi connectivity index (χ2n) is 4.80. The van der Waals surface area contributed by atoms with Crippen molar-refractivity contribution in [2.24, 2.45) is 0 Å². The summed E-state index contributed by atoms with van der Waals surface area (Å²) < 4.78 is 0.665. The molecule has 0 heterocycles. The topological polar surface area (TPSA) is 46.2 Å². The molecule has 2 aromatic carbocycles. The Balaban J connectivity index is 2.39. The van der Waals surface area contributed by atoms with E-state index in [-0.39, 0.29) is 16.8 Å². The van der Waals surface area contributed by atoms with Gasteiger partial charge in [0.15, 0.2) is 5.78 Å². The molecule has 0 atom stereocenters. The number of halogens is 2. The number of benzene rings is 1. The Hall–Kier alpha value is -1.91. The molecule has 118 valence electrons. The van der Waals surface area contributed by atoms with Crippen LogP contribution in [0.2, 0.25) is 5.02 Å². The van der Waals surface area contributed by atoms with Crippen molar-refractivity contribution in [3.63, 3.8) is 0 Å².